The number of carbonyl (C=O) groups excluding carboxylic acids is 1. The monoisotopic (exact) mass is 362 g/mol. The second kappa shape index (κ2) is 5.67. The molecular formula is C14H16Cl2N2O3S. The van der Waals surface area contributed by atoms with Crippen LogP contribution in [0.3, 0.4) is 0 Å². The van der Waals surface area contributed by atoms with Gasteiger partial charge in [-0.2, -0.15) is 4.31 Å². The lowest BCUT2D eigenvalue weighted by molar-refractivity contribution is -0.131. The molecule has 0 spiro atoms. The van der Waals surface area contributed by atoms with Crippen LogP contribution in [0.4, 0.5) is 0 Å². The average molecular weight is 363 g/mol. The molecule has 1 aromatic rings. The van der Waals surface area contributed by atoms with Gasteiger partial charge in [0.2, 0.25) is 15.9 Å². The van der Waals surface area contributed by atoms with E-state index < -0.39 is 10.0 Å². The number of benzene rings is 1. The third-order valence-corrected chi connectivity index (χ3v) is 6.97. The zero-order valence-corrected chi connectivity index (χ0v) is 14.4. The normalized spacial score (nSPS) is 19.7. The standard InChI is InChI=1S/C14H16Cl2N2O3S/c1-9-2-5-11(15)13(12(9)16)22(20,21)18-7-6-17(8-18)14(19)10-3-4-10/h2,5,10H,3-4,6-8H2,1H3. The summed E-state index contributed by atoms with van der Waals surface area (Å²) in [6, 6.07) is 3.20. The maximum Gasteiger partial charge on any atom is 0.247 e. The van der Waals surface area contributed by atoms with Crippen molar-refractivity contribution in [1.82, 2.24) is 9.21 Å². The summed E-state index contributed by atoms with van der Waals surface area (Å²) in [7, 11) is -3.82. The Balaban J connectivity index is 1.88. The lowest BCUT2D eigenvalue weighted by Crippen LogP contribution is -2.35. The third kappa shape index (κ3) is 2.73. The number of hydrogen-bond donors (Lipinski definition) is 0. The summed E-state index contributed by atoms with van der Waals surface area (Å²) in [6.07, 6.45) is 1.80. The predicted octanol–water partition coefficient (Wildman–Crippen LogP) is 2.50. The van der Waals surface area contributed by atoms with Crippen molar-refractivity contribution >= 4 is 39.1 Å². The summed E-state index contributed by atoms with van der Waals surface area (Å²) in [5, 5.41) is 0.238. The smallest absolute Gasteiger partial charge is 0.247 e. The molecule has 0 bridgehead atoms. The minimum absolute atomic E-state index is 0.0409. The molecular weight excluding hydrogens is 347 g/mol. The van der Waals surface area contributed by atoms with Crippen molar-refractivity contribution in [3.63, 3.8) is 0 Å². The van der Waals surface area contributed by atoms with Gasteiger partial charge in [0.1, 0.15) is 4.90 Å². The van der Waals surface area contributed by atoms with Crippen LogP contribution in [0.15, 0.2) is 17.0 Å². The van der Waals surface area contributed by atoms with Gasteiger partial charge in [0.05, 0.1) is 16.7 Å². The molecule has 3 rings (SSSR count). The topological polar surface area (TPSA) is 57.7 Å². The Labute approximate surface area is 139 Å². The Bertz CT molecular complexity index is 732. The number of carbonyl (C=O) groups is 1. The molecule has 1 heterocycles. The van der Waals surface area contributed by atoms with E-state index in [-0.39, 0.29) is 40.0 Å². The van der Waals surface area contributed by atoms with E-state index in [2.05, 4.69) is 0 Å². The number of rotatable bonds is 3. The van der Waals surface area contributed by atoms with E-state index in [9.17, 15) is 13.2 Å². The highest BCUT2D eigenvalue weighted by Crippen LogP contribution is 2.36. The predicted molar refractivity (Wildman–Crippen MR) is 84.4 cm³/mol. The van der Waals surface area contributed by atoms with Crippen molar-refractivity contribution in [1.29, 1.82) is 0 Å². The van der Waals surface area contributed by atoms with Gasteiger partial charge in [-0.1, -0.05) is 29.3 Å². The van der Waals surface area contributed by atoms with E-state index in [4.69, 9.17) is 23.2 Å². The largest absolute Gasteiger partial charge is 0.327 e. The van der Waals surface area contributed by atoms with Crippen LogP contribution in [0, 0.1) is 12.8 Å². The van der Waals surface area contributed by atoms with Gasteiger partial charge in [-0.05, 0) is 31.4 Å². The van der Waals surface area contributed by atoms with Gasteiger partial charge in [0, 0.05) is 19.0 Å². The molecule has 0 aromatic heterocycles. The quantitative estimate of drug-likeness (QED) is 0.829. The number of halogens is 2. The molecule has 5 nitrogen and oxygen atoms in total. The van der Waals surface area contributed by atoms with Gasteiger partial charge in [-0.3, -0.25) is 4.79 Å². The molecule has 0 radical (unpaired) electrons. The molecule has 0 N–H and O–H groups in total. The first-order chi connectivity index (χ1) is 10.3. The molecule has 1 amide bonds. The van der Waals surface area contributed by atoms with Crippen molar-refractivity contribution in [2.75, 3.05) is 19.8 Å². The Kier molecular flexibility index (Phi) is 4.14. The highest BCUT2D eigenvalue weighted by molar-refractivity contribution is 7.89. The maximum atomic E-state index is 12.8. The molecule has 22 heavy (non-hydrogen) atoms. The van der Waals surface area contributed by atoms with E-state index in [1.807, 2.05) is 0 Å². The fourth-order valence-electron chi connectivity index (χ4n) is 2.53. The summed E-state index contributed by atoms with van der Waals surface area (Å²) >= 11 is 12.2. The zero-order valence-electron chi connectivity index (χ0n) is 12.1. The fourth-order valence-corrected chi connectivity index (χ4v) is 5.05. The fraction of sp³-hybridized carbons (Fsp3) is 0.500. The lowest BCUT2D eigenvalue weighted by atomic mass is 10.2. The van der Waals surface area contributed by atoms with Crippen LogP contribution in [0.1, 0.15) is 18.4 Å². The lowest BCUT2D eigenvalue weighted by Gasteiger charge is -2.20. The highest BCUT2D eigenvalue weighted by atomic mass is 35.5. The molecule has 2 aliphatic rings. The molecule has 0 unspecified atom stereocenters. The van der Waals surface area contributed by atoms with Crippen molar-refractivity contribution in [2.45, 2.75) is 24.7 Å². The third-order valence-electron chi connectivity index (χ3n) is 4.03. The minimum Gasteiger partial charge on any atom is -0.327 e. The molecule has 2 fully saturated rings. The Hall–Kier alpha value is -0.820. The number of amides is 1. The maximum absolute atomic E-state index is 12.8. The van der Waals surface area contributed by atoms with Crippen molar-refractivity contribution in [3.8, 4) is 0 Å². The molecule has 1 aliphatic heterocycles. The minimum atomic E-state index is -3.82. The first-order valence-corrected chi connectivity index (χ1v) is 9.25. The number of hydrogen-bond acceptors (Lipinski definition) is 3. The van der Waals surface area contributed by atoms with E-state index in [0.717, 1.165) is 12.8 Å². The van der Waals surface area contributed by atoms with Crippen molar-refractivity contribution < 1.29 is 13.2 Å². The summed E-state index contributed by atoms with van der Waals surface area (Å²) in [4.78, 5) is 13.6. The Morgan fingerprint density at radius 3 is 2.55 bits per heavy atom. The Morgan fingerprint density at radius 2 is 1.91 bits per heavy atom. The summed E-state index contributed by atoms with van der Waals surface area (Å²) in [6.45, 7) is 2.47. The first-order valence-electron chi connectivity index (χ1n) is 7.06. The van der Waals surface area contributed by atoms with E-state index in [1.54, 1.807) is 17.9 Å². The van der Waals surface area contributed by atoms with E-state index >= 15 is 0 Å². The van der Waals surface area contributed by atoms with E-state index in [0.29, 0.717) is 12.1 Å². The van der Waals surface area contributed by atoms with Crippen LogP contribution >= 0.6 is 23.2 Å². The van der Waals surface area contributed by atoms with Gasteiger partial charge in [-0.25, -0.2) is 8.42 Å². The van der Waals surface area contributed by atoms with Crippen LogP contribution in [-0.4, -0.2) is 43.3 Å². The van der Waals surface area contributed by atoms with Crippen LogP contribution in [0.5, 0.6) is 0 Å². The SMILES string of the molecule is Cc1ccc(Cl)c(S(=O)(=O)N2CCN(C(=O)C3CC3)C2)c1Cl. The van der Waals surface area contributed by atoms with Gasteiger partial charge in [0.25, 0.3) is 0 Å². The first kappa shape index (κ1) is 16.1. The van der Waals surface area contributed by atoms with Crippen molar-refractivity contribution in [2.24, 2.45) is 5.92 Å². The van der Waals surface area contributed by atoms with Crippen LogP contribution in [-0.2, 0) is 14.8 Å². The second-order valence-electron chi connectivity index (χ2n) is 5.71. The molecule has 1 aromatic carbocycles. The molecule has 1 aliphatic carbocycles. The molecule has 8 heteroatoms. The van der Waals surface area contributed by atoms with Crippen LogP contribution < -0.4 is 0 Å². The van der Waals surface area contributed by atoms with Gasteiger partial charge in [0.15, 0.2) is 0 Å². The summed E-state index contributed by atoms with van der Waals surface area (Å²) in [5.41, 5.74) is 0.648. The van der Waals surface area contributed by atoms with Crippen LogP contribution in [0.25, 0.3) is 0 Å². The highest BCUT2D eigenvalue weighted by Gasteiger charge is 2.40. The molecule has 1 saturated heterocycles. The van der Waals surface area contributed by atoms with Crippen LogP contribution in [0.2, 0.25) is 10.0 Å². The molecule has 1 saturated carbocycles. The number of aryl methyl sites for hydroxylation is 1. The Morgan fingerprint density at radius 1 is 1.23 bits per heavy atom. The number of sulfonamides is 1. The number of nitrogens with zero attached hydrogens (tertiary/aromatic N) is 2. The second-order valence-corrected chi connectivity index (χ2v) is 8.37. The summed E-state index contributed by atoms with van der Waals surface area (Å²) < 4.78 is 26.9. The summed E-state index contributed by atoms with van der Waals surface area (Å²) in [5.74, 6) is 0.118. The van der Waals surface area contributed by atoms with Gasteiger partial charge < -0.3 is 4.90 Å². The average Bonchev–Trinajstić information content (AvgIpc) is 3.18. The zero-order chi connectivity index (χ0) is 16.1. The van der Waals surface area contributed by atoms with Crippen molar-refractivity contribution in [3.05, 3.63) is 27.7 Å². The molecule has 120 valence electrons. The van der Waals surface area contributed by atoms with Gasteiger partial charge in [-0.15, -0.1) is 0 Å². The van der Waals surface area contributed by atoms with E-state index in [1.165, 1.54) is 10.4 Å². The molecule has 0 atom stereocenters. The van der Waals surface area contributed by atoms with Gasteiger partial charge >= 0.3 is 0 Å².